The van der Waals surface area contributed by atoms with Gasteiger partial charge in [-0.25, -0.2) is 0 Å². The summed E-state index contributed by atoms with van der Waals surface area (Å²) in [6.07, 6.45) is 7.81. The van der Waals surface area contributed by atoms with E-state index in [9.17, 15) is 4.79 Å². The third-order valence-electron chi connectivity index (χ3n) is 4.62. The number of hydrogen-bond acceptors (Lipinski definition) is 5. The summed E-state index contributed by atoms with van der Waals surface area (Å²) in [5.74, 6) is 2.02. The van der Waals surface area contributed by atoms with E-state index >= 15 is 0 Å². The van der Waals surface area contributed by atoms with Gasteiger partial charge in [-0.2, -0.15) is 0 Å². The van der Waals surface area contributed by atoms with Crippen molar-refractivity contribution >= 4 is 35.0 Å². The number of anilines is 1. The first-order valence-corrected chi connectivity index (χ1v) is 10.6. The predicted molar refractivity (Wildman–Crippen MR) is 112 cm³/mol. The molecular weight excluding hydrogens is 394 g/mol. The largest absolute Gasteiger partial charge is 0.325 e. The van der Waals surface area contributed by atoms with Crippen LogP contribution in [0, 0.1) is 0 Å². The molecule has 144 valence electrons. The number of amides is 1. The minimum absolute atomic E-state index is 0.0739. The molecule has 0 unspecified atom stereocenters. The van der Waals surface area contributed by atoms with Gasteiger partial charge in [-0.05, 0) is 43.2 Å². The van der Waals surface area contributed by atoms with Crippen molar-refractivity contribution in [2.24, 2.45) is 0 Å². The van der Waals surface area contributed by atoms with Crippen LogP contribution in [0.25, 0.3) is 11.4 Å². The second kappa shape index (κ2) is 8.75. The Morgan fingerprint density at radius 1 is 1.14 bits per heavy atom. The third kappa shape index (κ3) is 4.36. The Balaban J connectivity index is 1.50. The molecule has 4 rings (SSSR count). The Bertz CT molecular complexity index is 976. The lowest BCUT2D eigenvalue weighted by atomic mass is 10.1. The highest BCUT2D eigenvalue weighted by atomic mass is 35.5. The quantitative estimate of drug-likeness (QED) is 0.625. The molecule has 6 nitrogen and oxygen atoms in total. The molecule has 0 bridgehead atoms. The van der Waals surface area contributed by atoms with Crippen molar-refractivity contribution in [2.75, 3.05) is 11.1 Å². The molecule has 1 amide bonds. The van der Waals surface area contributed by atoms with Gasteiger partial charge in [0.15, 0.2) is 5.82 Å². The molecule has 3 aromatic rings. The summed E-state index contributed by atoms with van der Waals surface area (Å²) in [4.78, 5) is 17.3. The van der Waals surface area contributed by atoms with Crippen LogP contribution < -0.4 is 5.32 Å². The molecule has 0 fully saturated rings. The van der Waals surface area contributed by atoms with Crippen LogP contribution in [0.3, 0.4) is 0 Å². The number of carbonyl (C=O) groups excluding carboxylic acids is 1. The van der Waals surface area contributed by atoms with E-state index in [0.717, 1.165) is 47.9 Å². The number of aromatic nitrogens is 4. The number of nitrogens with one attached hydrogen (secondary N) is 1. The highest BCUT2D eigenvalue weighted by molar-refractivity contribution is 8.00. The van der Waals surface area contributed by atoms with Gasteiger partial charge in [-0.3, -0.25) is 9.78 Å². The van der Waals surface area contributed by atoms with E-state index in [2.05, 4.69) is 25.1 Å². The van der Waals surface area contributed by atoms with Gasteiger partial charge >= 0.3 is 0 Å². The molecule has 1 N–H and O–H groups in total. The Morgan fingerprint density at radius 2 is 2.00 bits per heavy atom. The lowest BCUT2D eigenvalue weighted by molar-refractivity contribution is -0.113. The van der Waals surface area contributed by atoms with Gasteiger partial charge in [-0.1, -0.05) is 18.0 Å². The second-order valence-electron chi connectivity index (χ2n) is 6.62. The molecule has 0 aliphatic carbocycles. The standard InChI is InChI=1S/C20H20ClN5OS/c21-17-6-5-14(23-19(27)13-28-15-7-9-22-10-8-15)12-16(17)20-25-24-18-4-2-1-3-11-26(18)20/h5-10,12H,1-4,11,13H2,(H,23,27). The van der Waals surface area contributed by atoms with Crippen LogP contribution in [-0.2, 0) is 17.8 Å². The predicted octanol–water partition coefficient (Wildman–Crippen LogP) is 4.45. The number of carbonyl (C=O) groups is 1. The fraction of sp³-hybridized carbons (Fsp3) is 0.300. The Kier molecular flexibility index (Phi) is 5.92. The van der Waals surface area contributed by atoms with Gasteiger partial charge in [0.2, 0.25) is 5.91 Å². The van der Waals surface area contributed by atoms with Crippen molar-refractivity contribution in [3.05, 3.63) is 53.6 Å². The van der Waals surface area contributed by atoms with E-state index in [4.69, 9.17) is 11.6 Å². The highest BCUT2D eigenvalue weighted by Gasteiger charge is 2.18. The Morgan fingerprint density at radius 3 is 2.86 bits per heavy atom. The maximum absolute atomic E-state index is 12.3. The van der Waals surface area contributed by atoms with Crippen molar-refractivity contribution in [2.45, 2.75) is 37.1 Å². The fourth-order valence-corrected chi connectivity index (χ4v) is 4.13. The summed E-state index contributed by atoms with van der Waals surface area (Å²) in [6, 6.07) is 9.24. The average Bonchev–Trinajstić information content (AvgIpc) is 2.96. The maximum atomic E-state index is 12.3. The van der Waals surface area contributed by atoms with Crippen molar-refractivity contribution in [3.8, 4) is 11.4 Å². The van der Waals surface area contributed by atoms with Gasteiger partial charge < -0.3 is 9.88 Å². The van der Waals surface area contributed by atoms with Crippen molar-refractivity contribution in [1.29, 1.82) is 0 Å². The van der Waals surface area contributed by atoms with E-state index < -0.39 is 0 Å². The van der Waals surface area contributed by atoms with Crippen molar-refractivity contribution in [3.63, 3.8) is 0 Å². The molecule has 0 radical (unpaired) electrons. The molecule has 3 heterocycles. The first kappa shape index (κ1) is 19.0. The minimum Gasteiger partial charge on any atom is -0.325 e. The van der Waals surface area contributed by atoms with Crippen LogP contribution in [0.15, 0.2) is 47.6 Å². The number of fused-ring (bicyclic) bond motifs is 1. The topological polar surface area (TPSA) is 72.7 Å². The fourth-order valence-electron chi connectivity index (χ4n) is 3.24. The monoisotopic (exact) mass is 413 g/mol. The SMILES string of the molecule is O=C(CSc1ccncc1)Nc1ccc(Cl)c(-c2nnc3n2CCCCC3)c1. The van der Waals surface area contributed by atoms with E-state index in [1.807, 2.05) is 18.2 Å². The first-order chi connectivity index (χ1) is 13.7. The molecule has 0 saturated carbocycles. The molecule has 1 aliphatic rings. The average molecular weight is 414 g/mol. The number of halogens is 1. The van der Waals surface area contributed by atoms with Gasteiger partial charge in [0.05, 0.1) is 10.8 Å². The molecular formula is C20H20ClN5OS. The van der Waals surface area contributed by atoms with Gasteiger partial charge in [0.25, 0.3) is 0 Å². The Labute approximate surface area is 172 Å². The summed E-state index contributed by atoms with van der Waals surface area (Å²) in [5, 5.41) is 12.3. The van der Waals surface area contributed by atoms with Crippen LogP contribution in [0.4, 0.5) is 5.69 Å². The van der Waals surface area contributed by atoms with E-state index in [1.165, 1.54) is 18.2 Å². The zero-order chi connectivity index (χ0) is 19.3. The number of benzene rings is 1. The summed E-state index contributed by atoms with van der Waals surface area (Å²) in [6.45, 7) is 0.896. The van der Waals surface area contributed by atoms with Gasteiger partial charge in [-0.15, -0.1) is 22.0 Å². The zero-order valence-corrected chi connectivity index (χ0v) is 16.8. The van der Waals surface area contributed by atoms with Crippen molar-refractivity contribution in [1.82, 2.24) is 19.7 Å². The third-order valence-corrected chi connectivity index (χ3v) is 5.96. The van der Waals surface area contributed by atoms with Gasteiger partial charge in [0, 0.05) is 41.5 Å². The van der Waals surface area contributed by atoms with E-state index in [0.29, 0.717) is 16.5 Å². The second-order valence-corrected chi connectivity index (χ2v) is 8.07. The summed E-state index contributed by atoms with van der Waals surface area (Å²) in [7, 11) is 0. The van der Waals surface area contributed by atoms with E-state index in [1.54, 1.807) is 24.5 Å². The number of nitrogens with zero attached hydrogens (tertiary/aromatic N) is 4. The lowest BCUT2D eigenvalue weighted by Gasteiger charge is -2.11. The summed E-state index contributed by atoms with van der Waals surface area (Å²) in [5.41, 5.74) is 1.49. The summed E-state index contributed by atoms with van der Waals surface area (Å²) >= 11 is 7.91. The van der Waals surface area contributed by atoms with Crippen LogP contribution >= 0.6 is 23.4 Å². The number of rotatable bonds is 5. The highest BCUT2D eigenvalue weighted by Crippen LogP contribution is 2.31. The van der Waals surface area contributed by atoms with Crippen LogP contribution in [0.1, 0.15) is 25.1 Å². The lowest BCUT2D eigenvalue weighted by Crippen LogP contribution is -2.14. The van der Waals surface area contributed by atoms with Crippen LogP contribution in [-0.4, -0.2) is 31.4 Å². The normalized spacial score (nSPS) is 13.6. The molecule has 0 atom stereocenters. The van der Waals surface area contributed by atoms with Crippen LogP contribution in [0.5, 0.6) is 0 Å². The molecule has 0 spiro atoms. The molecule has 1 aliphatic heterocycles. The van der Waals surface area contributed by atoms with E-state index in [-0.39, 0.29) is 5.91 Å². The minimum atomic E-state index is -0.0739. The van der Waals surface area contributed by atoms with Crippen LogP contribution in [0.2, 0.25) is 5.02 Å². The molecule has 8 heteroatoms. The summed E-state index contributed by atoms with van der Waals surface area (Å²) < 4.78 is 2.15. The Hall–Kier alpha value is -2.38. The smallest absolute Gasteiger partial charge is 0.234 e. The maximum Gasteiger partial charge on any atom is 0.234 e. The number of hydrogen-bond donors (Lipinski definition) is 1. The van der Waals surface area contributed by atoms with Crippen molar-refractivity contribution < 1.29 is 4.79 Å². The number of thioether (sulfide) groups is 1. The zero-order valence-electron chi connectivity index (χ0n) is 15.3. The molecule has 1 aromatic carbocycles. The van der Waals surface area contributed by atoms with Gasteiger partial charge in [0.1, 0.15) is 5.82 Å². The molecule has 2 aromatic heterocycles. The first-order valence-electron chi connectivity index (χ1n) is 9.25. The number of aryl methyl sites for hydroxylation is 1. The molecule has 0 saturated heterocycles. The number of pyridine rings is 1. The molecule has 28 heavy (non-hydrogen) atoms.